The third kappa shape index (κ3) is 4.04. The summed E-state index contributed by atoms with van der Waals surface area (Å²) in [7, 11) is 0. The van der Waals surface area contributed by atoms with E-state index in [1.165, 1.54) is 24.3 Å². The number of aryl methyl sites for hydroxylation is 1. The average Bonchev–Trinajstić information content (AvgIpc) is 2.53. The van der Waals surface area contributed by atoms with Gasteiger partial charge in [-0.1, -0.05) is 17.7 Å². The number of nitrogens with zero attached hydrogens (tertiary/aromatic N) is 1. The summed E-state index contributed by atoms with van der Waals surface area (Å²) in [4.78, 5) is 34.1. The van der Waals surface area contributed by atoms with E-state index in [2.05, 4.69) is 10.9 Å². The van der Waals surface area contributed by atoms with Crippen molar-refractivity contribution in [2.24, 2.45) is 0 Å². The molecule has 2 rings (SSSR count). The molecule has 2 aromatic rings. The molecule has 0 atom stereocenters. The van der Waals surface area contributed by atoms with Gasteiger partial charge in [0.1, 0.15) is 0 Å². The number of nitro benzene ring substituents is 1. The molecule has 8 heteroatoms. The molecule has 2 N–H and O–H groups in total. The van der Waals surface area contributed by atoms with Crippen molar-refractivity contribution in [3.8, 4) is 0 Å². The zero-order valence-electron chi connectivity index (χ0n) is 12.0. The molecule has 0 saturated carbocycles. The van der Waals surface area contributed by atoms with E-state index in [0.717, 1.165) is 6.07 Å². The predicted octanol–water partition coefficient (Wildman–Crippen LogP) is 2.63. The molecule has 0 unspecified atom stereocenters. The highest BCUT2D eigenvalue weighted by molar-refractivity contribution is 6.30. The molecule has 2 amide bonds. The lowest BCUT2D eigenvalue weighted by Crippen LogP contribution is -2.41. The molecular weight excluding hydrogens is 322 g/mol. The molecule has 0 heterocycles. The van der Waals surface area contributed by atoms with Crippen LogP contribution in [0.3, 0.4) is 0 Å². The van der Waals surface area contributed by atoms with Gasteiger partial charge < -0.3 is 0 Å². The van der Waals surface area contributed by atoms with E-state index in [1.807, 2.05) is 0 Å². The molecule has 23 heavy (non-hydrogen) atoms. The van der Waals surface area contributed by atoms with Crippen LogP contribution in [0, 0.1) is 17.0 Å². The van der Waals surface area contributed by atoms with Gasteiger partial charge in [-0.15, -0.1) is 0 Å². The Morgan fingerprint density at radius 1 is 1.00 bits per heavy atom. The Balaban J connectivity index is 2.05. The van der Waals surface area contributed by atoms with Crippen LogP contribution >= 0.6 is 11.6 Å². The van der Waals surface area contributed by atoms with Gasteiger partial charge in [-0.3, -0.25) is 30.6 Å². The molecule has 2 aromatic carbocycles. The summed E-state index contributed by atoms with van der Waals surface area (Å²) >= 11 is 5.72. The highest BCUT2D eigenvalue weighted by atomic mass is 35.5. The summed E-state index contributed by atoms with van der Waals surface area (Å²) in [5.74, 6) is -1.19. The maximum absolute atomic E-state index is 12.0. The number of carbonyl (C=O) groups is 2. The number of nitro groups is 1. The lowest BCUT2D eigenvalue weighted by atomic mass is 10.1. The van der Waals surface area contributed by atoms with Crippen molar-refractivity contribution in [3.63, 3.8) is 0 Å². The van der Waals surface area contributed by atoms with Crippen molar-refractivity contribution in [1.82, 2.24) is 10.9 Å². The second-order valence-corrected chi connectivity index (χ2v) is 5.11. The molecule has 0 radical (unpaired) electrons. The van der Waals surface area contributed by atoms with E-state index < -0.39 is 16.7 Å². The zero-order chi connectivity index (χ0) is 17.0. The third-order valence-electron chi connectivity index (χ3n) is 3.06. The standard InChI is InChI=1S/C15H12ClN3O4/c1-9-2-3-11(8-13(9)19(22)23)15(21)18-17-14(20)10-4-6-12(16)7-5-10/h2-8H,1H3,(H,17,20)(H,18,21). The molecule has 118 valence electrons. The number of carbonyl (C=O) groups excluding carboxylic acids is 2. The average molecular weight is 334 g/mol. The summed E-state index contributed by atoms with van der Waals surface area (Å²) in [6.45, 7) is 1.57. The number of benzene rings is 2. The summed E-state index contributed by atoms with van der Waals surface area (Å²) < 4.78 is 0. The molecule has 0 saturated heterocycles. The lowest BCUT2D eigenvalue weighted by Gasteiger charge is -2.08. The van der Waals surface area contributed by atoms with Crippen LogP contribution in [-0.4, -0.2) is 16.7 Å². The summed E-state index contributed by atoms with van der Waals surface area (Å²) in [6, 6.07) is 10.1. The Hall–Kier alpha value is -2.93. The number of amides is 2. The van der Waals surface area contributed by atoms with Gasteiger partial charge in [0.15, 0.2) is 0 Å². The predicted molar refractivity (Wildman–Crippen MR) is 84.2 cm³/mol. The van der Waals surface area contributed by atoms with Gasteiger partial charge in [-0.2, -0.15) is 0 Å². The van der Waals surface area contributed by atoms with Gasteiger partial charge >= 0.3 is 0 Å². The zero-order valence-corrected chi connectivity index (χ0v) is 12.8. The fourth-order valence-electron chi connectivity index (χ4n) is 1.81. The first kappa shape index (κ1) is 16.4. The van der Waals surface area contributed by atoms with Crippen LogP contribution in [-0.2, 0) is 0 Å². The molecule has 0 bridgehead atoms. The maximum atomic E-state index is 12.0. The number of hydrazine groups is 1. The minimum absolute atomic E-state index is 0.0682. The van der Waals surface area contributed by atoms with Crippen LogP contribution < -0.4 is 10.9 Å². The van der Waals surface area contributed by atoms with E-state index in [4.69, 9.17) is 11.6 Å². The van der Waals surface area contributed by atoms with Gasteiger partial charge in [0.2, 0.25) is 0 Å². The fraction of sp³-hybridized carbons (Fsp3) is 0.0667. The molecule has 0 spiro atoms. The van der Waals surface area contributed by atoms with Gasteiger partial charge in [0.05, 0.1) is 4.92 Å². The first-order valence-corrected chi connectivity index (χ1v) is 6.87. The first-order chi connectivity index (χ1) is 10.9. The Bertz CT molecular complexity index is 775. The van der Waals surface area contributed by atoms with Crippen molar-refractivity contribution < 1.29 is 14.5 Å². The monoisotopic (exact) mass is 333 g/mol. The largest absolute Gasteiger partial charge is 0.273 e. The van der Waals surface area contributed by atoms with Crippen molar-refractivity contribution in [1.29, 1.82) is 0 Å². The van der Waals surface area contributed by atoms with Crippen LogP contribution in [0.25, 0.3) is 0 Å². The first-order valence-electron chi connectivity index (χ1n) is 6.50. The van der Waals surface area contributed by atoms with Crippen LogP contribution in [0.1, 0.15) is 26.3 Å². The second kappa shape index (κ2) is 6.89. The smallest absolute Gasteiger partial charge is 0.267 e. The number of hydrogen-bond acceptors (Lipinski definition) is 4. The lowest BCUT2D eigenvalue weighted by molar-refractivity contribution is -0.385. The Labute approximate surface area is 136 Å². The minimum atomic E-state index is -0.657. The van der Waals surface area contributed by atoms with E-state index in [-0.39, 0.29) is 11.3 Å². The van der Waals surface area contributed by atoms with Crippen molar-refractivity contribution in [2.45, 2.75) is 6.92 Å². The summed E-state index contributed by atoms with van der Waals surface area (Å²) in [5.41, 5.74) is 5.09. The Morgan fingerprint density at radius 3 is 2.09 bits per heavy atom. The van der Waals surface area contributed by atoms with Gasteiger partial charge in [-0.25, -0.2) is 0 Å². The van der Waals surface area contributed by atoms with Crippen molar-refractivity contribution in [3.05, 3.63) is 74.3 Å². The highest BCUT2D eigenvalue weighted by Crippen LogP contribution is 2.19. The second-order valence-electron chi connectivity index (χ2n) is 4.67. The third-order valence-corrected chi connectivity index (χ3v) is 3.32. The molecule has 0 aliphatic carbocycles. The summed E-state index contributed by atoms with van der Waals surface area (Å²) in [6.07, 6.45) is 0. The van der Waals surface area contributed by atoms with Crippen LogP contribution in [0.15, 0.2) is 42.5 Å². The van der Waals surface area contributed by atoms with E-state index >= 15 is 0 Å². The molecule has 7 nitrogen and oxygen atoms in total. The molecule has 0 fully saturated rings. The van der Waals surface area contributed by atoms with Gasteiger partial charge in [0, 0.05) is 27.8 Å². The van der Waals surface area contributed by atoms with Crippen LogP contribution in [0.5, 0.6) is 0 Å². The minimum Gasteiger partial charge on any atom is -0.267 e. The number of nitrogens with one attached hydrogen (secondary N) is 2. The van der Waals surface area contributed by atoms with Crippen LogP contribution in [0.2, 0.25) is 5.02 Å². The van der Waals surface area contributed by atoms with E-state index in [0.29, 0.717) is 16.1 Å². The highest BCUT2D eigenvalue weighted by Gasteiger charge is 2.15. The number of rotatable bonds is 3. The topological polar surface area (TPSA) is 101 Å². The van der Waals surface area contributed by atoms with Gasteiger partial charge in [0.25, 0.3) is 17.5 Å². The van der Waals surface area contributed by atoms with Crippen LogP contribution in [0.4, 0.5) is 5.69 Å². The number of halogens is 1. The number of hydrogen-bond donors (Lipinski definition) is 2. The fourth-order valence-corrected chi connectivity index (χ4v) is 1.93. The SMILES string of the molecule is Cc1ccc(C(=O)NNC(=O)c2ccc(Cl)cc2)cc1[N+](=O)[O-]. The normalized spacial score (nSPS) is 10.0. The summed E-state index contributed by atoms with van der Waals surface area (Å²) in [5, 5.41) is 11.4. The molecule has 0 aliphatic rings. The van der Waals surface area contributed by atoms with Gasteiger partial charge in [-0.05, 0) is 37.3 Å². The maximum Gasteiger partial charge on any atom is 0.273 e. The quantitative estimate of drug-likeness (QED) is 0.665. The Morgan fingerprint density at radius 2 is 1.52 bits per heavy atom. The van der Waals surface area contributed by atoms with E-state index in [1.54, 1.807) is 19.1 Å². The van der Waals surface area contributed by atoms with Crippen molar-refractivity contribution >= 4 is 29.1 Å². The van der Waals surface area contributed by atoms with E-state index in [9.17, 15) is 19.7 Å². The molecule has 0 aromatic heterocycles. The Kier molecular flexibility index (Phi) is 4.92. The van der Waals surface area contributed by atoms with Crippen molar-refractivity contribution in [2.75, 3.05) is 0 Å². The molecule has 0 aliphatic heterocycles. The molecular formula is C15H12ClN3O4.